The minimum atomic E-state index is 0.919. The van der Waals surface area contributed by atoms with E-state index in [9.17, 15) is 0 Å². The van der Waals surface area contributed by atoms with E-state index >= 15 is 0 Å². The molecule has 0 bridgehead atoms. The van der Waals surface area contributed by atoms with Gasteiger partial charge in [0.05, 0.1) is 0 Å². The molecular formula is C17H20N2. The largest absolute Gasteiger partial charge is 0.398 e. The molecule has 0 aromatic heterocycles. The fourth-order valence-electron chi connectivity index (χ4n) is 3.28. The number of nitrogens with zero attached hydrogens (tertiary/aromatic N) is 1. The van der Waals surface area contributed by atoms with Gasteiger partial charge in [0.1, 0.15) is 0 Å². The van der Waals surface area contributed by atoms with Crippen LogP contribution in [-0.2, 0) is 13.1 Å². The predicted octanol–water partition coefficient (Wildman–Crippen LogP) is 3.71. The molecule has 98 valence electrons. The average Bonchev–Trinajstić information content (AvgIpc) is 2.72. The van der Waals surface area contributed by atoms with Crippen molar-refractivity contribution in [1.29, 1.82) is 0 Å². The molecule has 0 saturated heterocycles. The molecule has 2 aromatic carbocycles. The highest BCUT2D eigenvalue weighted by Gasteiger charge is 2.23. The van der Waals surface area contributed by atoms with E-state index < -0.39 is 0 Å². The Kier molecular flexibility index (Phi) is 2.74. The van der Waals surface area contributed by atoms with Gasteiger partial charge in [0, 0.05) is 24.5 Å². The molecule has 3 rings (SSSR count). The summed E-state index contributed by atoms with van der Waals surface area (Å²) >= 11 is 0. The molecule has 2 N–H and O–H groups in total. The lowest BCUT2D eigenvalue weighted by molar-refractivity contribution is 0.869. The number of nitrogens with two attached hydrogens (primary N) is 1. The van der Waals surface area contributed by atoms with Crippen LogP contribution in [0.25, 0.3) is 0 Å². The SMILES string of the molecule is Cc1cc(C)c(N2Cc3cccc(N)c3C2)c(C)c1. The van der Waals surface area contributed by atoms with E-state index in [1.165, 1.54) is 33.5 Å². The molecule has 0 saturated carbocycles. The first-order valence-corrected chi connectivity index (χ1v) is 6.75. The Morgan fingerprint density at radius 1 is 1.00 bits per heavy atom. The minimum Gasteiger partial charge on any atom is -0.398 e. The summed E-state index contributed by atoms with van der Waals surface area (Å²) in [5, 5.41) is 0. The van der Waals surface area contributed by atoms with Gasteiger partial charge in [-0.15, -0.1) is 0 Å². The van der Waals surface area contributed by atoms with Gasteiger partial charge >= 0.3 is 0 Å². The highest BCUT2D eigenvalue weighted by atomic mass is 15.1. The van der Waals surface area contributed by atoms with Crippen molar-refractivity contribution in [3.63, 3.8) is 0 Å². The van der Waals surface area contributed by atoms with E-state index in [1.54, 1.807) is 0 Å². The molecule has 2 nitrogen and oxygen atoms in total. The van der Waals surface area contributed by atoms with Crippen molar-refractivity contribution in [1.82, 2.24) is 0 Å². The zero-order valence-corrected chi connectivity index (χ0v) is 11.8. The number of aryl methyl sites for hydroxylation is 3. The van der Waals surface area contributed by atoms with Crippen molar-refractivity contribution in [2.24, 2.45) is 0 Å². The van der Waals surface area contributed by atoms with Crippen molar-refractivity contribution < 1.29 is 0 Å². The molecule has 0 fully saturated rings. The van der Waals surface area contributed by atoms with Crippen LogP contribution in [0.15, 0.2) is 30.3 Å². The van der Waals surface area contributed by atoms with Gasteiger partial charge < -0.3 is 10.6 Å². The second-order valence-corrected chi connectivity index (χ2v) is 5.59. The summed E-state index contributed by atoms with van der Waals surface area (Å²) in [5.74, 6) is 0. The number of nitrogen functional groups attached to an aromatic ring is 1. The van der Waals surface area contributed by atoms with Crippen LogP contribution in [-0.4, -0.2) is 0 Å². The van der Waals surface area contributed by atoms with Crippen molar-refractivity contribution in [3.05, 3.63) is 58.1 Å². The van der Waals surface area contributed by atoms with Gasteiger partial charge in [0.2, 0.25) is 0 Å². The number of fused-ring (bicyclic) bond motifs is 1. The van der Waals surface area contributed by atoms with Crippen LogP contribution in [0.2, 0.25) is 0 Å². The van der Waals surface area contributed by atoms with Crippen LogP contribution in [0.3, 0.4) is 0 Å². The highest BCUT2D eigenvalue weighted by molar-refractivity contribution is 5.65. The predicted molar refractivity (Wildman–Crippen MR) is 81.4 cm³/mol. The minimum absolute atomic E-state index is 0.919. The van der Waals surface area contributed by atoms with Crippen molar-refractivity contribution in [2.75, 3.05) is 10.6 Å². The molecule has 1 heterocycles. The van der Waals surface area contributed by atoms with Gasteiger partial charge in [0.15, 0.2) is 0 Å². The summed E-state index contributed by atoms with van der Waals surface area (Å²) in [4.78, 5) is 2.44. The van der Waals surface area contributed by atoms with Gasteiger partial charge in [0.25, 0.3) is 0 Å². The number of hydrogen-bond acceptors (Lipinski definition) is 2. The molecule has 1 aliphatic heterocycles. The van der Waals surface area contributed by atoms with Gasteiger partial charge in [-0.2, -0.15) is 0 Å². The van der Waals surface area contributed by atoms with Gasteiger partial charge in [-0.1, -0.05) is 29.8 Å². The van der Waals surface area contributed by atoms with E-state index in [0.717, 1.165) is 18.8 Å². The zero-order valence-electron chi connectivity index (χ0n) is 11.8. The van der Waals surface area contributed by atoms with Crippen molar-refractivity contribution in [2.45, 2.75) is 33.9 Å². The summed E-state index contributed by atoms with van der Waals surface area (Å²) in [6.45, 7) is 8.43. The number of rotatable bonds is 1. The summed E-state index contributed by atoms with van der Waals surface area (Å²) in [6.07, 6.45) is 0. The highest BCUT2D eigenvalue weighted by Crippen LogP contribution is 2.35. The number of benzene rings is 2. The molecule has 0 amide bonds. The maximum Gasteiger partial charge on any atom is 0.0457 e. The normalized spacial score (nSPS) is 13.7. The van der Waals surface area contributed by atoms with Crippen LogP contribution in [0.5, 0.6) is 0 Å². The van der Waals surface area contributed by atoms with Gasteiger partial charge in [-0.3, -0.25) is 0 Å². The van der Waals surface area contributed by atoms with Crippen LogP contribution in [0, 0.1) is 20.8 Å². The molecule has 0 aliphatic carbocycles. The molecule has 0 radical (unpaired) electrons. The lowest BCUT2D eigenvalue weighted by atomic mass is 10.0. The summed E-state index contributed by atoms with van der Waals surface area (Å²) in [6, 6.07) is 10.7. The molecule has 0 atom stereocenters. The maximum atomic E-state index is 6.09. The standard InChI is InChI=1S/C17H20N2/c1-11-7-12(2)17(13(3)8-11)19-9-14-5-4-6-16(18)15(14)10-19/h4-8H,9-10,18H2,1-3H3. The van der Waals surface area contributed by atoms with E-state index in [1.807, 2.05) is 12.1 Å². The third kappa shape index (κ3) is 1.97. The van der Waals surface area contributed by atoms with Gasteiger partial charge in [-0.05, 0) is 49.1 Å². The Bertz CT molecular complexity index is 621. The van der Waals surface area contributed by atoms with E-state index in [-0.39, 0.29) is 0 Å². The van der Waals surface area contributed by atoms with Crippen LogP contribution in [0.4, 0.5) is 11.4 Å². The fourth-order valence-corrected chi connectivity index (χ4v) is 3.28. The third-order valence-corrected chi connectivity index (χ3v) is 3.97. The average molecular weight is 252 g/mol. The lowest BCUT2D eigenvalue weighted by Crippen LogP contribution is -2.17. The van der Waals surface area contributed by atoms with Crippen molar-refractivity contribution >= 4 is 11.4 Å². The first-order chi connectivity index (χ1) is 9.06. The monoisotopic (exact) mass is 252 g/mol. The quantitative estimate of drug-likeness (QED) is 0.784. The Balaban J connectivity index is 2.02. The molecule has 0 unspecified atom stereocenters. The topological polar surface area (TPSA) is 29.3 Å². The summed E-state index contributed by atoms with van der Waals surface area (Å²) in [7, 11) is 0. The Morgan fingerprint density at radius 2 is 1.68 bits per heavy atom. The zero-order chi connectivity index (χ0) is 13.6. The molecule has 1 aliphatic rings. The lowest BCUT2D eigenvalue weighted by Gasteiger charge is -2.23. The van der Waals surface area contributed by atoms with Gasteiger partial charge in [-0.25, -0.2) is 0 Å². The number of anilines is 2. The Labute approximate surface area is 114 Å². The molecule has 2 heteroatoms. The second-order valence-electron chi connectivity index (χ2n) is 5.59. The van der Waals surface area contributed by atoms with E-state index in [4.69, 9.17) is 5.73 Å². The van der Waals surface area contributed by atoms with E-state index in [0.29, 0.717) is 0 Å². The molecular weight excluding hydrogens is 232 g/mol. The molecule has 19 heavy (non-hydrogen) atoms. The smallest absolute Gasteiger partial charge is 0.0457 e. The van der Waals surface area contributed by atoms with Crippen LogP contribution >= 0.6 is 0 Å². The fraction of sp³-hybridized carbons (Fsp3) is 0.294. The van der Waals surface area contributed by atoms with Crippen LogP contribution in [0.1, 0.15) is 27.8 Å². The maximum absolute atomic E-state index is 6.09. The number of hydrogen-bond donors (Lipinski definition) is 1. The van der Waals surface area contributed by atoms with E-state index in [2.05, 4.69) is 43.9 Å². The Morgan fingerprint density at radius 3 is 2.32 bits per heavy atom. The Hall–Kier alpha value is -1.96. The molecule has 2 aromatic rings. The first kappa shape index (κ1) is 12.1. The first-order valence-electron chi connectivity index (χ1n) is 6.75. The third-order valence-electron chi connectivity index (χ3n) is 3.97. The second kappa shape index (κ2) is 4.30. The summed E-state index contributed by atoms with van der Waals surface area (Å²) in [5.41, 5.74) is 15.1. The molecule has 0 spiro atoms. The summed E-state index contributed by atoms with van der Waals surface area (Å²) < 4.78 is 0. The van der Waals surface area contributed by atoms with Crippen molar-refractivity contribution in [3.8, 4) is 0 Å². The van der Waals surface area contributed by atoms with Crippen LogP contribution < -0.4 is 10.6 Å².